The minimum atomic E-state index is -0.0435. The monoisotopic (exact) mass is 386 g/mol. The fraction of sp³-hybridized carbons (Fsp3) is 0.250. The van der Waals surface area contributed by atoms with Crippen molar-refractivity contribution in [1.82, 2.24) is 19.4 Å². The third-order valence-corrected chi connectivity index (χ3v) is 5.71. The molecule has 0 atom stereocenters. The molecule has 1 aliphatic heterocycles. The average molecular weight is 386 g/mol. The van der Waals surface area contributed by atoms with E-state index in [0.717, 1.165) is 42.0 Å². The molecule has 5 heteroatoms. The summed E-state index contributed by atoms with van der Waals surface area (Å²) in [4.78, 5) is 17.1. The highest BCUT2D eigenvalue weighted by Crippen LogP contribution is 2.29. The summed E-state index contributed by atoms with van der Waals surface area (Å²) in [6, 6.07) is 13.9. The zero-order valence-corrected chi connectivity index (χ0v) is 16.1. The molecule has 0 amide bonds. The van der Waals surface area contributed by atoms with Crippen LogP contribution in [0.5, 0.6) is 0 Å². The van der Waals surface area contributed by atoms with E-state index < -0.39 is 0 Å². The summed E-state index contributed by atoms with van der Waals surface area (Å²) in [5, 5.41) is 4.73. The zero-order valence-electron chi connectivity index (χ0n) is 16.1. The molecule has 0 bridgehead atoms. The van der Waals surface area contributed by atoms with Crippen LogP contribution >= 0.6 is 0 Å². The van der Waals surface area contributed by atoms with Crippen molar-refractivity contribution >= 4 is 10.9 Å². The Hall–Kier alpha value is -3.18. The van der Waals surface area contributed by atoms with Gasteiger partial charge >= 0.3 is 0 Å². The highest BCUT2D eigenvalue weighted by Gasteiger charge is 2.18. The molecule has 148 valence electrons. The van der Waals surface area contributed by atoms with Crippen molar-refractivity contribution in [2.45, 2.75) is 27.3 Å². The van der Waals surface area contributed by atoms with E-state index in [1.165, 1.54) is 22.2 Å². The van der Waals surface area contributed by atoms with Crippen LogP contribution in [-0.4, -0.2) is 20.7 Å². The van der Waals surface area contributed by atoms with Crippen LogP contribution in [0.3, 0.4) is 0 Å². The van der Waals surface area contributed by atoms with E-state index >= 15 is 0 Å². The molecule has 0 unspecified atom stereocenters. The lowest BCUT2D eigenvalue weighted by atomic mass is 10.0. The van der Waals surface area contributed by atoms with Crippen molar-refractivity contribution in [2.75, 3.05) is 6.54 Å². The SMILES string of the molecule is C.Cc1ccc(-c2ccn(-c3ccc4c5c(n(C)c4c3)CNCC5)c(=O)c2)cn1. The third-order valence-electron chi connectivity index (χ3n) is 5.71. The Kier molecular flexibility index (Phi) is 4.84. The van der Waals surface area contributed by atoms with Crippen molar-refractivity contribution in [3.05, 3.63) is 82.2 Å². The minimum absolute atomic E-state index is 0. The van der Waals surface area contributed by atoms with Crippen LogP contribution in [0.15, 0.2) is 59.7 Å². The highest BCUT2D eigenvalue weighted by atomic mass is 16.1. The minimum Gasteiger partial charge on any atom is -0.346 e. The van der Waals surface area contributed by atoms with E-state index in [1.54, 1.807) is 10.6 Å². The summed E-state index contributed by atoms with van der Waals surface area (Å²) in [7, 11) is 2.11. The van der Waals surface area contributed by atoms with Gasteiger partial charge in [-0.2, -0.15) is 0 Å². The van der Waals surface area contributed by atoms with Gasteiger partial charge in [-0.15, -0.1) is 0 Å². The molecule has 0 saturated heterocycles. The van der Waals surface area contributed by atoms with Crippen molar-refractivity contribution in [3.8, 4) is 16.8 Å². The number of nitrogens with zero attached hydrogens (tertiary/aromatic N) is 3. The lowest BCUT2D eigenvalue weighted by Crippen LogP contribution is -2.24. The van der Waals surface area contributed by atoms with Crippen LogP contribution < -0.4 is 10.9 Å². The van der Waals surface area contributed by atoms with Crippen LogP contribution in [0, 0.1) is 6.92 Å². The molecule has 1 N–H and O–H groups in total. The topological polar surface area (TPSA) is 51.9 Å². The molecular weight excluding hydrogens is 360 g/mol. The molecule has 0 aliphatic carbocycles. The predicted octanol–water partition coefficient (Wildman–Crippen LogP) is 3.98. The van der Waals surface area contributed by atoms with E-state index in [1.807, 2.05) is 43.6 Å². The number of hydrogen-bond donors (Lipinski definition) is 1. The smallest absolute Gasteiger partial charge is 0.255 e. The number of fused-ring (bicyclic) bond motifs is 3. The Bertz CT molecular complexity index is 1250. The summed E-state index contributed by atoms with van der Waals surface area (Å²) in [5.41, 5.74) is 7.58. The van der Waals surface area contributed by atoms with Gasteiger partial charge in [0.2, 0.25) is 0 Å². The van der Waals surface area contributed by atoms with Crippen molar-refractivity contribution in [2.24, 2.45) is 7.05 Å². The van der Waals surface area contributed by atoms with Crippen molar-refractivity contribution in [3.63, 3.8) is 0 Å². The predicted molar refractivity (Wildman–Crippen MR) is 119 cm³/mol. The van der Waals surface area contributed by atoms with Gasteiger partial charge < -0.3 is 9.88 Å². The maximum Gasteiger partial charge on any atom is 0.255 e. The number of aromatic nitrogens is 3. The van der Waals surface area contributed by atoms with Crippen LogP contribution in [0.2, 0.25) is 0 Å². The maximum atomic E-state index is 12.8. The zero-order chi connectivity index (χ0) is 19.3. The van der Waals surface area contributed by atoms with E-state index in [9.17, 15) is 4.79 Å². The molecule has 5 nitrogen and oxygen atoms in total. The van der Waals surface area contributed by atoms with Crippen molar-refractivity contribution in [1.29, 1.82) is 0 Å². The number of hydrogen-bond acceptors (Lipinski definition) is 3. The van der Waals surface area contributed by atoms with E-state index in [-0.39, 0.29) is 13.0 Å². The highest BCUT2D eigenvalue weighted by molar-refractivity contribution is 5.87. The van der Waals surface area contributed by atoms with Gasteiger partial charge in [0.15, 0.2) is 0 Å². The lowest BCUT2D eigenvalue weighted by molar-refractivity contribution is 0.614. The molecule has 0 radical (unpaired) electrons. The molecule has 0 saturated carbocycles. The van der Waals surface area contributed by atoms with E-state index in [0.29, 0.717) is 0 Å². The number of pyridine rings is 2. The van der Waals surface area contributed by atoms with Gasteiger partial charge in [-0.05, 0) is 55.3 Å². The first-order valence-corrected chi connectivity index (χ1v) is 9.59. The quantitative estimate of drug-likeness (QED) is 0.567. The van der Waals surface area contributed by atoms with Gasteiger partial charge in [0.1, 0.15) is 0 Å². The second-order valence-corrected chi connectivity index (χ2v) is 7.42. The average Bonchev–Trinajstić information content (AvgIpc) is 3.01. The molecule has 5 rings (SSSR count). The molecule has 4 aromatic rings. The summed E-state index contributed by atoms with van der Waals surface area (Å²) >= 11 is 0. The maximum absolute atomic E-state index is 12.8. The summed E-state index contributed by atoms with van der Waals surface area (Å²) in [5.74, 6) is 0. The summed E-state index contributed by atoms with van der Waals surface area (Å²) in [6.45, 7) is 3.87. The molecule has 0 fully saturated rings. The lowest BCUT2D eigenvalue weighted by Gasteiger charge is -2.14. The van der Waals surface area contributed by atoms with Gasteiger partial charge in [0, 0.05) is 54.4 Å². The first kappa shape index (κ1) is 19.2. The van der Waals surface area contributed by atoms with Gasteiger partial charge in [-0.3, -0.25) is 14.3 Å². The molecular formula is C24H26N4O. The standard InChI is InChI=1S/C23H22N4O.CH4/c1-15-3-4-17(13-25-15)16-8-10-27(23(28)11-16)18-5-6-19-20-7-9-24-14-22(20)26(2)21(19)12-18;/h3-6,8,10-13,24H,7,9,14H2,1-2H3;1H4. The van der Waals surface area contributed by atoms with Gasteiger partial charge in [0.05, 0.1) is 11.2 Å². The normalized spacial score (nSPS) is 13.2. The van der Waals surface area contributed by atoms with E-state index in [4.69, 9.17) is 0 Å². The Balaban J connectivity index is 0.00000205. The second-order valence-electron chi connectivity index (χ2n) is 7.42. The number of benzene rings is 1. The molecule has 1 aliphatic rings. The number of rotatable bonds is 2. The largest absolute Gasteiger partial charge is 0.346 e. The second kappa shape index (κ2) is 7.33. The van der Waals surface area contributed by atoms with Crippen molar-refractivity contribution < 1.29 is 0 Å². The van der Waals surface area contributed by atoms with Gasteiger partial charge in [0.25, 0.3) is 5.56 Å². The Morgan fingerprint density at radius 1 is 1.07 bits per heavy atom. The summed E-state index contributed by atoms with van der Waals surface area (Å²) in [6.07, 6.45) is 4.71. The summed E-state index contributed by atoms with van der Waals surface area (Å²) < 4.78 is 3.95. The Morgan fingerprint density at radius 3 is 2.69 bits per heavy atom. The Labute approximate surface area is 170 Å². The van der Waals surface area contributed by atoms with Gasteiger partial charge in [-0.25, -0.2) is 0 Å². The third kappa shape index (κ3) is 3.17. The molecule has 3 aromatic heterocycles. The van der Waals surface area contributed by atoms with Crippen LogP contribution in [0.25, 0.3) is 27.7 Å². The fourth-order valence-electron chi connectivity index (χ4n) is 4.14. The van der Waals surface area contributed by atoms with Crippen LogP contribution in [0.1, 0.15) is 24.4 Å². The first-order chi connectivity index (χ1) is 13.6. The molecule has 1 aromatic carbocycles. The molecule has 4 heterocycles. The molecule has 29 heavy (non-hydrogen) atoms. The molecule has 0 spiro atoms. The van der Waals surface area contributed by atoms with E-state index in [2.05, 4.69) is 34.0 Å². The first-order valence-electron chi connectivity index (χ1n) is 9.59. The van der Waals surface area contributed by atoms with Gasteiger partial charge in [-0.1, -0.05) is 19.6 Å². The fourth-order valence-corrected chi connectivity index (χ4v) is 4.14. The van der Waals surface area contributed by atoms with Crippen LogP contribution in [-0.2, 0) is 20.0 Å². The van der Waals surface area contributed by atoms with Crippen LogP contribution in [0.4, 0.5) is 0 Å². The number of aryl methyl sites for hydroxylation is 2. The number of nitrogens with one attached hydrogen (secondary N) is 1. The Morgan fingerprint density at radius 2 is 1.93 bits per heavy atom.